The molecule has 0 fully saturated rings. The number of aromatic nitrogens is 1. The summed E-state index contributed by atoms with van der Waals surface area (Å²) in [4.78, 5) is 12.1. The Bertz CT molecular complexity index is 850. The number of hydrogen-bond donors (Lipinski definition) is 1. The zero-order valence-corrected chi connectivity index (χ0v) is 13.3. The van der Waals surface area contributed by atoms with Gasteiger partial charge in [0.25, 0.3) is 5.91 Å². The number of benzene rings is 2. The first-order valence-electron chi connectivity index (χ1n) is 7.90. The minimum Gasteiger partial charge on any atom is -0.350 e. The predicted octanol–water partition coefficient (Wildman–Crippen LogP) is 4.22. The highest BCUT2D eigenvalue weighted by atomic mass is 19.1. The van der Waals surface area contributed by atoms with Crippen LogP contribution in [0, 0.1) is 5.82 Å². The lowest BCUT2D eigenvalue weighted by atomic mass is 10.1. The number of para-hydroxylation sites is 1. The van der Waals surface area contributed by atoms with Crippen molar-refractivity contribution in [1.29, 1.82) is 0 Å². The summed E-state index contributed by atoms with van der Waals surface area (Å²) in [5.41, 5.74) is 3.60. The summed E-state index contributed by atoms with van der Waals surface area (Å²) in [6.07, 6.45) is 0. The molecule has 1 N–H and O–H groups in total. The average molecular weight is 310 g/mol. The van der Waals surface area contributed by atoms with Gasteiger partial charge in [-0.3, -0.25) is 4.79 Å². The first-order valence-corrected chi connectivity index (χ1v) is 7.90. The van der Waals surface area contributed by atoms with Crippen LogP contribution in [-0.4, -0.2) is 17.0 Å². The van der Waals surface area contributed by atoms with Crippen LogP contribution < -0.4 is 5.32 Å². The van der Waals surface area contributed by atoms with E-state index in [1.54, 1.807) is 12.1 Å². The lowest BCUT2D eigenvalue weighted by molar-refractivity contribution is 0.0956. The maximum atomic E-state index is 13.1. The van der Waals surface area contributed by atoms with Crippen molar-refractivity contribution < 1.29 is 9.18 Å². The van der Waals surface area contributed by atoms with Gasteiger partial charge < -0.3 is 9.88 Å². The van der Waals surface area contributed by atoms with Gasteiger partial charge in [0.1, 0.15) is 5.82 Å². The van der Waals surface area contributed by atoms with Crippen molar-refractivity contribution in [1.82, 2.24) is 9.88 Å². The van der Waals surface area contributed by atoms with Crippen LogP contribution in [0.1, 0.15) is 24.2 Å². The molecule has 118 valence electrons. The van der Waals surface area contributed by atoms with E-state index in [0.717, 1.165) is 22.2 Å². The molecule has 0 unspecified atom stereocenters. The molecule has 2 heterocycles. The smallest absolute Gasteiger partial charge is 0.253 e. The number of carbonyl (C=O) groups is 1. The molecule has 0 spiro atoms. The molecule has 1 aliphatic heterocycles. The number of nitrogens with one attached hydrogen (secondary N) is 1. The molecule has 0 saturated heterocycles. The maximum Gasteiger partial charge on any atom is 0.253 e. The Kier molecular flexibility index (Phi) is 4.15. The third-order valence-corrected chi connectivity index (χ3v) is 3.93. The fourth-order valence-corrected chi connectivity index (χ4v) is 2.98. The van der Waals surface area contributed by atoms with E-state index in [9.17, 15) is 9.18 Å². The number of rotatable bonds is 1. The number of hydrogen-bond acceptors (Lipinski definition) is 1. The van der Waals surface area contributed by atoms with Gasteiger partial charge in [-0.15, -0.1) is 0 Å². The Morgan fingerprint density at radius 1 is 1.09 bits per heavy atom. The second-order valence-corrected chi connectivity index (χ2v) is 5.19. The zero-order valence-electron chi connectivity index (χ0n) is 13.3. The van der Waals surface area contributed by atoms with Crippen molar-refractivity contribution in [2.75, 3.05) is 6.54 Å². The number of nitrogens with zero attached hydrogens (tertiary/aromatic N) is 1. The second-order valence-electron chi connectivity index (χ2n) is 5.19. The molecule has 4 heteroatoms. The Morgan fingerprint density at radius 2 is 1.83 bits per heavy atom. The SMILES string of the molecule is CC.O=C1NCCn2c(-c3ccc(F)cc3)cc3cccc1c32. The minimum atomic E-state index is -0.247. The van der Waals surface area contributed by atoms with Crippen LogP contribution in [0.5, 0.6) is 0 Å². The van der Waals surface area contributed by atoms with E-state index >= 15 is 0 Å². The Morgan fingerprint density at radius 3 is 2.57 bits per heavy atom. The highest BCUT2D eigenvalue weighted by molar-refractivity contribution is 6.07. The first kappa shape index (κ1) is 15.3. The molecule has 1 aliphatic rings. The summed E-state index contributed by atoms with van der Waals surface area (Å²) < 4.78 is 15.3. The minimum absolute atomic E-state index is 0.0388. The molecule has 0 atom stereocenters. The van der Waals surface area contributed by atoms with E-state index in [0.29, 0.717) is 18.7 Å². The van der Waals surface area contributed by atoms with Crippen LogP contribution in [0.15, 0.2) is 48.5 Å². The summed E-state index contributed by atoms with van der Waals surface area (Å²) in [5, 5.41) is 3.94. The van der Waals surface area contributed by atoms with Gasteiger partial charge in [0.15, 0.2) is 0 Å². The monoisotopic (exact) mass is 310 g/mol. The number of amides is 1. The molecular weight excluding hydrogens is 291 g/mol. The van der Waals surface area contributed by atoms with E-state index in [1.165, 1.54) is 12.1 Å². The third kappa shape index (κ3) is 2.61. The molecule has 0 saturated carbocycles. The van der Waals surface area contributed by atoms with Gasteiger partial charge in [-0.25, -0.2) is 4.39 Å². The first-order chi connectivity index (χ1) is 11.2. The molecule has 2 aromatic carbocycles. The summed E-state index contributed by atoms with van der Waals surface area (Å²) in [6.45, 7) is 5.30. The van der Waals surface area contributed by atoms with Gasteiger partial charge >= 0.3 is 0 Å². The maximum absolute atomic E-state index is 13.1. The highest BCUT2D eigenvalue weighted by Gasteiger charge is 2.20. The van der Waals surface area contributed by atoms with Crippen LogP contribution >= 0.6 is 0 Å². The molecule has 0 aliphatic carbocycles. The highest BCUT2D eigenvalue weighted by Crippen LogP contribution is 2.31. The standard InChI is InChI=1S/C17H13FN2O.C2H6/c18-13-6-4-11(5-7-13)15-10-12-2-1-3-14-16(12)20(15)9-8-19-17(14)21;1-2/h1-7,10H,8-9H2,(H,19,21);1-2H3. The zero-order chi connectivity index (χ0) is 16.4. The molecule has 3 aromatic rings. The summed E-state index contributed by atoms with van der Waals surface area (Å²) in [5.74, 6) is -0.286. The lowest BCUT2D eigenvalue weighted by Gasteiger charge is -2.09. The van der Waals surface area contributed by atoms with Gasteiger partial charge in [-0.2, -0.15) is 0 Å². The fourth-order valence-electron chi connectivity index (χ4n) is 2.98. The summed E-state index contributed by atoms with van der Waals surface area (Å²) >= 11 is 0. The van der Waals surface area contributed by atoms with Crippen LogP contribution in [-0.2, 0) is 6.54 Å². The van der Waals surface area contributed by atoms with Gasteiger partial charge in [0, 0.05) is 24.2 Å². The molecular formula is C19H19FN2O. The Hall–Kier alpha value is -2.62. The van der Waals surface area contributed by atoms with E-state index in [2.05, 4.69) is 16.0 Å². The summed E-state index contributed by atoms with van der Waals surface area (Å²) in [7, 11) is 0. The van der Waals surface area contributed by atoms with Gasteiger partial charge in [-0.05, 0) is 42.0 Å². The van der Waals surface area contributed by atoms with E-state index in [4.69, 9.17) is 0 Å². The van der Waals surface area contributed by atoms with Crippen LogP contribution in [0.25, 0.3) is 22.2 Å². The summed E-state index contributed by atoms with van der Waals surface area (Å²) in [6, 6.07) is 14.3. The van der Waals surface area contributed by atoms with E-state index < -0.39 is 0 Å². The van der Waals surface area contributed by atoms with Crippen molar-refractivity contribution in [2.24, 2.45) is 0 Å². The topological polar surface area (TPSA) is 34.0 Å². The van der Waals surface area contributed by atoms with Crippen molar-refractivity contribution in [3.8, 4) is 11.3 Å². The fraction of sp³-hybridized carbons (Fsp3) is 0.211. The van der Waals surface area contributed by atoms with Crippen molar-refractivity contribution >= 4 is 16.8 Å². The largest absolute Gasteiger partial charge is 0.350 e. The van der Waals surface area contributed by atoms with E-state index in [1.807, 2.05) is 32.0 Å². The van der Waals surface area contributed by atoms with Crippen LogP contribution in [0.3, 0.4) is 0 Å². The van der Waals surface area contributed by atoms with E-state index in [-0.39, 0.29) is 11.7 Å². The molecule has 0 bridgehead atoms. The number of halogens is 1. The Balaban J connectivity index is 0.000000753. The van der Waals surface area contributed by atoms with Crippen molar-refractivity contribution in [3.63, 3.8) is 0 Å². The predicted molar refractivity (Wildman–Crippen MR) is 91.0 cm³/mol. The van der Waals surface area contributed by atoms with Crippen molar-refractivity contribution in [2.45, 2.75) is 20.4 Å². The third-order valence-electron chi connectivity index (χ3n) is 3.93. The van der Waals surface area contributed by atoms with Crippen LogP contribution in [0.2, 0.25) is 0 Å². The molecule has 4 rings (SSSR count). The van der Waals surface area contributed by atoms with Crippen molar-refractivity contribution in [3.05, 3.63) is 59.9 Å². The average Bonchev–Trinajstić information content (AvgIpc) is 2.87. The molecule has 0 radical (unpaired) electrons. The molecule has 23 heavy (non-hydrogen) atoms. The van der Waals surface area contributed by atoms with Gasteiger partial charge in [0.05, 0.1) is 11.1 Å². The molecule has 1 aromatic heterocycles. The molecule has 3 nitrogen and oxygen atoms in total. The van der Waals surface area contributed by atoms with Crippen LogP contribution in [0.4, 0.5) is 4.39 Å². The quantitative estimate of drug-likeness (QED) is 0.717. The van der Waals surface area contributed by atoms with Gasteiger partial charge in [-0.1, -0.05) is 26.0 Å². The normalized spacial score (nSPS) is 13.1. The number of carbonyl (C=O) groups excluding carboxylic acids is 1. The van der Waals surface area contributed by atoms with Gasteiger partial charge in [0.2, 0.25) is 0 Å². The lowest BCUT2D eigenvalue weighted by Crippen LogP contribution is -2.24. The second kappa shape index (κ2) is 6.24. The molecule has 1 amide bonds. The Labute approximate surface area is 134 Å².